The predicted molar refractivity (Wildman–Crippen MR) is 96.3 cm³/mol. The van der Waals surface area contributed by atoms with Gasteiger partial charge in [0, 0.05) is 19.1 Å². The normalized spacial score (nSPS) is 27.8. The van der Waals surface area contributed by atoms with Crippen molar-refractivity contribution in [2.45, 2.75) is 52.5 Å². The van der Waals surface area contributed by atoms with E-state index in [0.29, 0.717) is 18.0 Å². The van der Waals surface area contributed by atoms with Crippen molar-refractivity contribution in [3.05, 3.63) is 29.8 Å². The summed E-state index contributed by atoms with van der Waals surface area (Å²) in [6, 6.07) is 8.47. The number of ether oxygens (including phenoxy) is 1. The predicted octanol–water partition coefficient (Wildman–Crippen LogP) is 3.85. The van der Waals surface area contributed by atoms with Crippen LogP contribution in [-0.4, -0.2) is 37.2 Å². The van der Waals surface area contributed by atoms with Crippen molar-refractivity contribution in [3.8, 4) is 5.75 Å². The second-order valence-corrected chi connectivity index (χ2v) is 8.64. The third-order valence-corrected chi connectivity index (χ3v) is 5.54. The van der Waals surface area contributed by atoms with Gasteiger partial charge in [-0.2, -0.15) is 0 Å². The summed E-state index contributed by atoms with van der Waals surface area (Å²) in [6.45, 7) is 8.54. The minimum absolute atomic E-state index is 0.0938. The highest BCUT2D eigenvalue weighted by Gasteiger charge is 2.50. The molecule has 24 heavy (non-hydrogen) atoms. The number of rotatable bonds is 4. The summed E-state index contributed by atoms with van der Waals surface area (Å²) in [5.74, 6) is 0.887. The Morgan fingerprint density at radius 1 is 1.29 bits per heavy atom. The van der Waals surface area contributed by atoms with Gasteiger partial charge in [0.05, 0.1) is 7.11 Å². The Kier molecular flexibility index (Phi) is 4.50. The average molecular weight is 330 g/mol. The molecule has 3 rings (SSSR count). The lowest BCUT2D eigenvalue weighted by Gasteiger charge is -2.39. The van der Waals surface area contributed by atoms with E-state index in [9.17, 15) is 4.79 Å². The van der Waals surface area contributed by atoms with Crippen LogP contribution >= 0.6 is 0 Å². The Morgan fingerprint density at radius 3 is 2.79 bits per heavy atom. The number of nitrogens with one attached hydrogen (secondary N) is 1. The molecule has 1 aromatic carbocycles. The second kappa shape index (κ2) is 6.30. The van der Waals surface area contributed by atoms with E-state index in [1.165, 1.54) is 6.42 Å². The number of carbonyl (C=O) groups is 1. The maximum atomic E-state index is 12.7. The first-order valence-electron chi connectivity index (χ1n) is 8.98. The molecule has 1 saturated carbocycles. The van der Waals surface area contributed by atoms with E-state index >= 15 is 0 Å². The van der Waals surface area contributed by atoms with Crippen molar-refractivity contribution in [2.75, 3.05) is 20.2 Å². The molecular formula is C20H30N2O2. The molecule has 132 valence electrons. The highest BCUT2D eigenvalue weighted by atomic mass is 16.5. The van der Waals surface area contributed by atoms with E-state index in [1.807, 2.05) is 18.2 Å². The van der Waals surface area contributed by atoms with Gasteiger partial charge in [0.1, 0.15) is 5.75 Å². The minimum atomic E-state index is 0.0938. The molecule has 1 saturated heterocycles. The van der Waals surface area contributed by atoms with Crippen LogP contribution in [0.4, 0.5) is 4.79 Å². The number of urea groups is 1. The molecule has 2 atom stereocenters. The van der Waals surface area contributed by atoms with E-state index in [-0.39, 0.29) is 11.4 Å². The first kappa shape index (κ1) is 17.1. The van der Waals surface area contributed by atoms with E-state index in [2.05, 4.69) is 37.1 Å². The summed E-state index contributed by atoms with van der Waals surface area (Å²) in [6.07, 6.45) is 4.26. The van der Waals surface area contributed by atoms with Gasteiger partial charge in [0.2, 0.25) is 0 Å². The minimum Gasteiger partial charge on any atom is -0.496 e. The van der Waals surface area contributed by atoms with E-state index in [0.717, 1.165) is 37.1 Å². The fourth-order valence-electron chi connectivity index (χ4n) is 5.01. The lowest BCUT2D eigenvalue weighted by molar-refractivity contribution is 0.129. The molecule has 0 spiro atoms. The lowest BCUT2D eigenvalue weighted by Crippen LogP contribution is -2.44. The third-order valence-electron chi connectivity index (χ3n) is 5.54. The van der Waals surface area contributed by atoms with Crippen molar-refractivity contribution >= 4 is 6.03 Å². The van der Waals surface area contributed by atoms with Gasteiger partial charge in [0.25, 0.3) is 0 Å². The van der Waals surface area contributed by atoms with Crippen molar-refractivity contribution in [2.24, 2.45) is 10.8 Å². The molecule has 1 aliphatic carbocycles. The molecule has 4 nitrogen and oxygen atoms in total. The molecule has 1 aliphatic heterocycles. The van der Waals surface area contributed by atoms with E-state index < -0.39 is 0 Å². The van der Waals surface area contributed by atoms with Crippen molar-refractivity contribution in [1.29, 1.82) is 0 Å². The highest BCUT2D eigenvalue weighted by molar-refractivity contribution is 5.75. The molecule has 1 N–H and O–H groups in total. The van der Waals surface area contributed by atoms with E-state index in [4.69, 9.17) is 4.74 Å². The number of hydrogen-bond donors (Lipinski definition) is 1. The van der Waals surface area contributed by atoms with Gasteiger partial charge in [-0.15, -0.1) is 0 Å². The van der Waals surface area contributed by atoms with Gasteiger partial charge in [-0.05, 0) is 48.1 Å². The molecular weight excluding hydrogens is 300 g/mol. The molecule has 1 aromatic rings. The second-order valence-electron chi connectivity index (χ2n) is 8.64. The number of para-hydroxylation sites is 1. The fraction of sp³-hybridized carbons (Fsp3) is 0.650. The van der Waals surface area contributed by atoms with Crippen molar-refractivity contribution in [1.82, 2.24) is 10.2 Å². The average Bonchev–Trinajstić information content (AvgIpc) is 2.76. The largest absolute Gasteiger partial charge is 0.496 e. The van der Waals surface area contributed by atoms with Gasteiger partial charge >= 0.3 is 6.03 Å². The summed E-state index contributed by atoms with van der Waals surface area (Å²) in [4.78, 5) is 14.7. The number of amides is 2. The summed E-state index contributed by atoms with van der Waals surface area (Å²) < 4.78 is 5.37. The number of methoxy groups -OCH3 is 1. The van der Waals surface area contributed by atoms with E-state index in [1.54, 1.807) is 7.11 Å². The first-order chi connectivity index (χ1) is 11.3. The number of benzene rings is 1. The standard InChI is InChI=1S/C20H30N2O2/c1-19(2)11-16-12-20(3,13-19)14-22(16)18(23)21-10-9-15-7-5-6-8-17(15)24-4/h5-8,16H,9-14H2,1-4H3,(H,21,23). The number of fused-ring (bicyclic) bond motifs is 2. The van der Waals surface area contributed by atoms with Gasteiger partial charge < -0.3 is 15.0 Å². The Balaban J connectivity index is 1.56. The summed E-state index contributed by atoms with van der Waals surface area (Å²) >= 11 is 0. The number of hydrogen-bond acceptors (Lipinski definition) is 2. The quantitative estimate of drug-likeness (QED) is 0.911. The van der Waals surface area contributed by atoms with Crippen LogP contribution in [0.3, 0.4) is 0 Å². The van der Waals surface area contributed by atoms with Crippen LogP contribution < -0.4 is 10.1 Å². The summed E-state index contributed by atoms with van der Waals surface area (Å²) in [5.41, 5.74) is 1.75. The molecule has 2 amide bonds. The van der Waals surface area contributed by atoms with Gasteiger partial charge in [-0.1, -0.05) is 39.0 Å². The summed E-state index contributed by atoms with van der Waals surface area (Å²) in [5, 5.41) is 3.11. The lowest BCUT2D eigenvalue weighted by atomic mass is 9.65. The molecule has 0 radical (unpaired) electrons. The zero-order valence-corrected chi connectivity index (χ0v) is 15.4. The van der Waals surface area contributed by atoms with Crippen LogP contribution in [-0.2, 0) is 6.42 Å². The van der Waals surface area contributed by atoms with Crippen LogP contribution in [0, 0.1) is 10.8 Å². The van der Waals surface area contributed by atoms with Gasteiger partial charge in [0.15, 0.2) is 0 Å². The first-order valence-corrected chi connectivity index (χ1v) is 8.98. The van der Waals surface area contributed by atoms with Crippen molar-refractivity contribution < 1.29 is 9.53 Å². The highest BCUT2D eigenvalue weighted by Crippen LogP contribution is 2.52. The summed E-state index contributed by atoms with van der Waals surface area (Å²) in [7, 11) is 1.68. The molecule has 4 heteroatoms. The number of carbonyl (C=O) groups excluding carboxylic acids is 1. The van der Waals surface area contributed by atoms with Crippen LogP contribution in [0.1, 0.15) is 45.6 Å². The Morgan fingerprint density at radius 2 is 2.04 bits per heavy atom. The monoisotopic (exact) mass is 330 g/mol. The van der Waals surface area contributed by atoms with Crippen LogP contribution in [0.5, 0.6) is 5.75 Å². The Bertz CT molecular complexity index is 613. The van der Waals surface area contributed by atoms with Gasteiger partial charge in [-0.25, -0.2) is 4.79 Å². The maximum Gasteiger partial charge on any atom is 0.317 e. The Hall–Kier alpha value is -1.71. The zero-order valence-electron chi connectivity index (χ0n) is 15.4. The van der Waals surface area contributed by atoms with Crippen LogP contribution in [0.2, 0.25) is 0 Å². The smallest absolute Gasteiger partial charge is 0.317 e. The molecule has 2 fully saturated rings. The third kappa shape index (κ3) is 3.52. The molecule has 2 aliphatic rings. The fourth-order valence-corrected chi connectivity index (χ4v) is 5.01. The molecule has 1 heterocycles. The SMILES string of the molecule is COc1ccccc1CCNC(=O)N1CC2(C)CC1CC(C)(C)C2. The molecule has 2 bridgehead atoms. The maximum absolute atomic E-state index is 12.7. The zero-order chi connectivity index (χ0) is 17.4. The molecule has 2 unspecified atom stereocenters. The number of likely N-dealkylation sites (tertiary alicyclic amines) is 1. The van der Waals surface area contributed by atoms with Crippen LogP contribution in [0.15, 0.2) is 24.3 Å². The van der Waals surface area contributed by atoms with Crippen LogP contribution in [0.25, 0.3) is 0 Å². The van der Waals surface area contributed by atoms with Gasteiger partial charge in [-0.3, -0.25) is 0 Å². The van der Waals surface area contributed by atoms with Crippen molar-refractivity contribution in [3.63, 3.8) is 0 Å². The topological polar surface area (TPSA) is 41.6 Å². The number of nitrogens with zero attached hydrogens (tertiary/aromatic N) is 1. The Labute approximate surface area is 145 Å². The molecule has 0 aromatic heterocycles.